The zero-order chi connectivity index (χ0) is 22.5. The summed E-state index contributed by atoms with van der Waals surface area (Å²) in [6.45, 7) is 5.20. The predicted octanol–water partition coefficient (Wildman–Crippen LogP) is 3.48. The van der Waals surface area contributed by atoms with E-state index in [0.29, 0.717) is 25.4 Å². The molecule has 1 N–H and O–H groups in total. The number of carbonyl (C=O) groups excluding carboxylic acids is 1. The number of amides is 1. The Kier molecular flexibility index (Phi) is 6.58. The van der Waals surface area contributed by atoms with E-state index in [1.807, 2.05) is 69.4 Å². The highest BCUT2D eigenvalue weighted by molar-refractivity contribution is 6.02. The Morgan fingerprint density at radius 3 is 2.47 bits per heavy atom. The molecule has 0 fully saturated rings. The summed E-state index contributed by atoms with van der Waals surface area (Å²) in [6.07, 6.45) is 1.15. The van der Waals surface area contributed by atoms with Gasteiger partial charge in [0.15, 0.2) is 12.0 Å². The number of ether oxygens (including phenoxy) is 2. The number of aromatic nitrogens is 5. The van der Waals surface area contributed by atoms with Crippen molar-refractivity contribution >= 4 is 22.6 Å². The Balaban J connectivity index is 1.43. The fourth-order valence-electron chi connectivity index (χ4n) is 3.47. The van der Waals surface area contributed by atoms with Gasteiger partial charge in [0.05, 0.1) is 23.8 Å². The Morgan fingerprint density at radius 1 is 1.06 bits per heavy atom. The van der Waals surface area contributed by atoms with Crippen molar-refractivity contribution in [3.8, 4) is 11.4 Å². The topological polar surface area (TPSA) is 96.1 Å². The molecule has 4 rings (SSSR count). The Bertz CT molecular complexity index is 1190. The van der Waals surface area contributed by atoms with Gasteiger partial charge in [-0.1, -0.05) is 17.3 Å². The van der Waals surface area contributed by atoms with Gasteiger partial charge in [-0.15, -0.1) is 5.10 Å². The molecule has 9 heteroatoms. The highest BCUT2D eigenvalue weighted by Gasteiger charge is 2.15. The standard InChI is InChI=1S/C23H26N6O3/c1-4-31-21(32-5-2)15-29-14-19(26-27-29)23(30)24-17-12-10-16(11-13-17)22-25-18-8-6-7-9-20(18)28(22)3/h6-14,21H,4-5,15H2,1-3H3,(H,24,30). The number of hydrogen-bond donors (Lipinski definition) is 1. The van der Waals surface area contributed by atoms with E-state index in [2.05, 4.69) is 20.2 Å². The minimum Gasteiger partial charge on any atom is -0.351 e. The van der Waals surface area contributed by atoms with E-state index >= 15 is 0 Å². The van der Waals surface area contributed by atoms with Gasteiger partial charge < -0.3 is 19.4 Å². The van der Waals surface area contributed by atoms with Crippen LogP contribution in [0, 0.1) is 0 Å². The molecule has 0 bridgehead atoms. The number of anilines is 1. The average molecular weight is 435 g/mol. The number of hydrogen-bond acceptors (Lipinski definition) is 6. The fraction of sp³-hybridized carbons (Fsp3) is 0.304. The normalized spacial score (nSPS) is 11.4. The summed E-state index contributed by atoms with van der Waals surface area (Å²) in [5.41, 5.74) is 3.86. The van der Waals surface area contributed by atoms with Crippen LogP contribution in [0.25, 0.3) is 22.4 Å². The molecule has 0 aliphatic rings. The molecule has 0 unspecified atom stereocenters. The van der Waals surface area contributed by atoms with Crippen LogP contribution in [0.5, 0.6) is 0 Å². The van der Waals surface area contributed by atoms with Crippen molar-refractivity contribution in [3.63, 3.8) is 0 Å². The molecular formula is C23H26N6O3. The summed E-state index contributed by atoms with van der Waals surface area (Å²) in [6, 6.07) is 15.6. The molecule has 0 atom stereocenters. The van der Waals surface area contributed by atoms with Crippen molar-refractivity contribution in [3.05, 3.63) is 60.4 Å². The lowest BCUT2D eigenvalue weighted by Crippen LogP contribution is -2.24. The van der Waals surface area contributed by atoms with Gasteiger partial charge in [0.1, 0.15) is 5.82 Å². The average Bonchev–Trinajstić information content (AvgIpc) is 3.40. The minimum atomic E-state index is -0.432. The highest BCUT2D eigenvalue weighted by Crippen LogP contribution is 2.24. The molecule has 166 valence electrons. The van der Waals surface area contributed by atoms with E-state index < -0.39 is 6.29 Å². The second-order valence-electron chi connectivity index (χ2n) is 7.18. The molecular weight excluding hydrogens is 408 g/mol. The van der Waals surface area contributed by atoms with Gasteiger partial charge in [0.25, 0.3) is 5.91 Å². The number of para-hydroxylation sites is 2. The van der Waals surface area contributed by atoms with Crippen molar-refractivity contribution in [2.75, 3.05) is 18.5 Å². The van der Waals surface area contributed by atoms with Crippen LogP contribution in [-0.4, -0.2) is 50.0 Å². The molecule has 0 saturated carbocycles. The summed E-state index contributed by atoms with van der Waals surface area (Å²) in [5, 5.41) is 10.8. The third-order valence-electron chi connectivity index (χ3n) is 5.00. The Labute approximate surface area is 186 Å². The molecule has 2 aromatic carbocycles. The van der Waals surface area contributed by atoms with Crippen molar-refractivity contribution in [2.24, 2.45) is 7.05 Å². The van der Waals surface area contributed by atoms with E-state index in [9.17, 15) is 4.79 Å². The molecule has 32 heavy (non-hydrogen) atoms. The molecule has 0 spiro atoms. The number of nitrogens with one attached hydrogen (secondary N) is 1. The predicted molar refractivity (Wildman–Crippen MR) is 121 cm³/mol. The second kappa shape index (κ2) is 9.71. The first-order chi connectivity index (χ1) is 15.6. The number of carbonyl (C=O) groups is 1. The van der Waals surface area contributed by atoms with Crippen LogP contribution in [0.2, 0.25) is 0 Å². The van der Waals surface area contributed by atoms with E-state index in [4.69, 9.17) is 14.5 Å². The molecule has 2 heterocycles. The van der Waals surface area contributed by atoms with Crippen LogP contribution in [0.4, 0.5) is 5.69 Å². The third-order valence-corrected chi connectivity index (χ3v) is 5.00. The van der Waals surface area contributed by atoms with Crippen LogP contribution in [0.3, 0.4) is 0 Å². The first kappa shape index (κ1) is 21.7. The second-order valence-corrected chi connectivity index (χ2v) is 7.18. The summed E-state index contributed by atoms with van der Waals surface area (Å²) < 4.78 is 14.6. The molecule has 0 aliphatic carbocycles. The van der Waals surface area contributed by atoms with Crippen LogP contribution >= 0.6 is 0 Å². The summed E-state index contributed by atoms with van der Waals surface area (Å²) in [4.78, 5) is 17.3. The lowest BCUT2D eigenvalue weighted by atomic mass is 10.2. The lowest BCUT2D eigenvalue weighted by Gasteiger charge is -2.16. The summed E-state index contributed by atoms with van der Waals surface area (Å²) in [7, 11) is 1.99. The van der Waals surface area contributed by atoms with Gasteiger partial charge in [0.2, 0.25) is 0 Å². The smallest absolute Gasteiger partial charge is 0.277 e. The number of imidazole rings is 1. The SMILES string of the molecule is CCOC(Cn1cc(C(=O)Nc2ccc(-c3nc4ccccc4n3C)cc2)nn1)OCC. The first-order valence-corrected chi connectivity index (χ1v) is 10.6. The zero-order valence-corrected chi connectivity index (χ0v) is 18.4. The van der Waals surface area contributed by atoms with Gasteiger partial charge in [-0.05, 0) is 50.2 Å². The van der Waals surface area contributed by atoms with Crippen LogP contribution in [-0.2, 0) is 23.1 Å². The maximum Gasteiger partial charge on any atom is 0.277 e. The lowest BCUT2D eigenvalue weighted by molar-refractivity contribution is -0.145. The Morgan fingerprint density at radius 2 is 1.78 bits per heavy atom. The number of fused-ring (bicyclic) bond motifs is 1. The van der Waals surface area contributed by atoms with Gasteiger partial charge in [-0.2, -0.15) is 0 Å². The monoisotopic (exact) mass is 434 g/mol. The Hall–Kier alpha value is -3.56. The fourth-order valence-corrected chi connectivity index (χ4v) is 3.47. The van der Waals surface area contributed by atoms with E-state index in [-0.39, 0.29) is 11.6 Å². The van der Waals surface area contributed by atoms with Gasteiger partial charge in [0, 0.05) is 31.5 Å². The van der Waals surface area contributed by atoms with Gasteiger partial charge in [-0.25, -0.2) is 9.67 Å². The number of nitrogens with zero attached hydrogens (tertiary/aromatic N) is 5. The number of aryl methyl sites for hydroxylation is 1. The molecule has 2 aromatic heterocycles. The molecule has 9 nitrogen and oxygen atoms in total. The van der Waals surface area contributed by atoms with Crippen molar-refractivity contribution in [1.29, 1.82) is 0 Å². The van der Waals surface area contributed by atoms with E-state index in [0.717, 1.165) is 22.4 Å². The molecule has 0 radical (unpaired) electrons. The maximum atomic E-state index is 12.6. The van der Waals surface area contributed by atoms with Crippen molar-refractivity contribution < 1.29 is 14.3 Å². The van der Waals surface area contributed by atoms with Crippen molar-refractivity contribution in [1.82, 2.24) is 24.5 Å². The molecule has 0 saturated heterocycles. The molecule has 0 aliphatic heterocycles. The molecule has 4 aromatic rings. The maximum absolute atomic E-state index is 12.6. The summed E-state index contributed by atoms with van der Waals surface area (Å²) >= 11 is 0. The van der Waals surface area contributed by atoms with Crippen LogP contribution in [0.15, 0.2) is 54.7 Å². The van der Waals surface area contributed by atoms with Gasteiger partial charge >= 0.3 is 0 Å². The largest absolute Gasteiger partial charge is 0.351 e. The van der Waals surface area contributed by atoms with E-state index in [1.165, 1.54) is 0 Å². The highest BCUT2D eigenvalue weighted by atomic mass is 16.7. The van der Waals surface area contributed by atoms with Crippen LogP contribution < -0.4 is 5.32 Å². The zero-order valence-electron chi connectivity index (χ0n) is 18.4. The number of rotatable bonds is 9. The van der Waals surface area contributed by atoms with Crippen LogP contribution in [0.1, 0.15) is 24.3 Å². The quantitative estimate of drug-likeness (QED) is 0.405. The van der Waals surface area contributed by atoms with Gasteiger partial charge in [-0.3, -0.25) is 4.79 Å². The first-order valence-electron chi connectivity index (χ1n) is 10.6. The third kappa shape index (κ3) is 4.68. The minimum absolute atomic E-state index is 0.219. The number of benzene rings is 2. The van der Waals surface area contributed by atoms with E-state index in [1.54, 1.807) is 10.9 Å². The molecule has 1 amide bonds. The van der Waals surface area contributed by atoms with Crippen molar-refractivity contribution in [2.45, 2.75) is 26.7 Å². The summed E-state index contributed by atoms with van der Waals surface area (Å²) in [5.74, 6) is 0.529.